The molecule has 4 aliphatic heterocycles. The number of carbonyl (C=O) groups is 4. The number of likely N-dealkylation sites (N-methyl/N-ethyl adjacent to an activating group) is 2. The smallest absolute Gasteiger partial charge is 0.274 e. The molecule has 4 amide bonds. The van der Waals surface area contributed by atoms with Crippen LogP contribution in [0.15, 0.2) is 33.9 Å². The second kappa shape index (κ2) is 18.5. The maximum absolute atomic E-state index is 14.2. The van der Waals surface area contributed by atoms with Crippen LogP contribution in [-0.2, 0) is 22.6 Å². The Morgan fingerprint density at radius 2 is 1.11 bits per heavy atom. The summed E-state index contributed by atoms with van der Waals surface area (Å²) in [6.07, 6.45) is -0.398. The van der Waals surface area contributed by atoms with Gasteiger partial charge in [-0.2, -0.15) is 0 Å². The van der Waals surface area contributed by atoms with Crippen molar-refractivity contribution in [2.45, 2.75) is 64.1 Å². The average Bonchev–Trinajstić information content (AvgIpc) is 3.85. The molecule has 4 aromatic rings. The van der Waals surface area contributed by atoms with Gasteiger partial charge in [-0.1, -0.05) is 35.3 Å². The molecule has 4 aliphatic rings. The molecule has 0 aliphatic carbocycles. The van der Waals surface area contributed by atoms with Crippen LogP contribution in [0.5, 0.6) is 11.5 Å². The van der Waals surface area contributed by atoms with Crippen molar-refractivity contribution in [2.24, 2.45) is 0 Å². The summed E-state index contributed by atoms with van der Waals surface area (Å²) in [5.74, 6) is -7.49. The molecule has 65 heavy (non-hydrogen) atoms. The van der Waals surface area contributed by atoms with Crippen LogP contribution in [0.1, 0.15) is 115 Å². The molecule has 0 saturated heterocycles. The zero-order valence-corrected chi connectivity index (χ0v) is 37.0. The molecule has 2 aromatic heterocycles. The Bertz CT molecular complexity index is 2790. The molecule has 22 heteroatoms. The van der Waals surface area contributed by atoms with Gasteiger partial charge in [0.2, 0.25) is 10.9 Å². The molecule has 6 heterocycles. The number of rotatable bonds is 11. The van der Waals surface area contributed by atoms with E-state index in [-0.39, 0.29) is 81.9 Å². The Morgan fingerprint density at radius 3 is 1.52 bits per heavy atom. The molecule has 0 spiro atoms. The Labute approximate surface area is 377 Å². The fourth-order valence-corrected chi connectivity index (χ4v) is 9.29. The number of hydrogen-bond donors (Lipinski definition) is 3. The van der Waals surface area contributed by atoms with E-state index in [1.807, 2.05) is 6.92 Å². The number of pyridine rings is 2. The average molecular weight is 950 g/mol. The number of nitrogens with one attached hydrogen (secondary N) is 2. The van der Waals surface area contributed by atoms with Gasteiger partial charge in [-0.15, -0.1) is 0 Å². The molecule has 0 saturated carbocycles. The molecule has 4 atom stereocenters. The standard InChI is InChI=1S/C22H22ClF2N3O5.C21H20ClF2N3O5/c1-4-27-9-11-7-13(32-2)17-14(19(29)20(33-3)18(22(27)31)28(11)17)21(30)26-8-10-5-6-12(24)15(23)16(10)25;1-3-26-8-10-6-12(32-2)16-13(18(28)19(29)17(21(26)31)27(10)16)20(30)25-7-9-4-5-11(23)14(22)15(9)24/h5-6,11,13H,4,7-9H2,1-3H3,(H,26,30);4-5,10,12,29H,3,6-8H2,1-2H3,(H,25,30)/t11-,13+;10-,12+/m10/s1. The van der Waals surface area contributed by atoms with Gasteiger partial charge in [-0.25, -0.2) is 17.6 Å². The number of ether oxygens (including phenoxy) is 3. The summed E-state index contributed by atoms with van der Waals surface area (Å²) in [5, 5.41) is 14.1. The first-order valence-corrected chi connectivity index (χ1v) is 21.0. The summed E-state index contributed by atoms with van der Waals surface area (Å²) in [7, 11) is 4.14. The van der Waals surface area contributed by atoms with Crippen molar-refractivity contribution in [2.75, 3.05) is 47.5 Å². The van der Waals surface area contributed by atoms with E-state index in [4.69, 9.17) is 37.4 Å². The lowest BCUT2D eigenvalue weighted by molar-refractivity contribution is 0.0647. The third kappa shape index (κ3) is 7.89. The largest absolute Gasteiger partial charge is 0.503 e. The highest BCUT2D eigenvalue weighted by atomic mass is 35.5. The second-order valence-electron chi connectivity index (χ2n) is 15.4. The van der Waals surface area contributed by atoms with Crippen LogP contribution in [0.2, 0.25) is 10.0 Å². The number of aromatic hydroxyl groups is 1. The van der Waals surface area contributed by atoms with Gasteiger partial charge in [0.25, 0.3) is 23.6 Å². The minimum absolute atomic E-state index is 0.0499. The number of benzene rings is 2. The van der Waals surface area contributed by atoms with Crippen molar-refractivity contribution in [1.29, 1.82) is 0 Å². The van der Waals surface area contributed by atoms with Gasteiger partial charge in [-0.05, 0) is 26.0 Å². The van der Waals surface area contributed by atoms with Crippen molar-refractivity contribution >= 4 is 46.8 Å². The molecule has 3 N–H and O–H groups in total. The summed E-state index contributed by atoms with van der Waals surface area (Å²) in [4.78, 5) is 81.4. The lowest BCUT2D eigenvalue weighted by atomic mass is 10.1. The highest BCUT2D eigenvalue weighted by Crippen LogP contribution is 2.45. The first-order valence-electron chi connectivity index (χ1n) is 20.3. The van der Waals surface area contributed by atoms with E-state index in [9.17, 15) is 51.4 Å². The second-order valence-corrected chi connectivity index (χ2v) is 16.2. The molecule has 0 radical (unpaired) electrons. The van der Waals surface area contributed by atoms with Crippen molar-refractivity contribution < 1.29 is 56.1 Å². The summed E-state index contributed by atoms with van der Waals surface area (Å²) in [5.41, 5.74) is -2.15. The maximum Gasteiger partial charge on any atom is 0.274 e. The van der Waals surface area contributed by atoms with Gasteiger partial charge in [-0.3, -0.25) is 28.8 Å². The van der Waals surface area contributed by atoms with Gasteiger partial charge in [0.05, 0.1) is 30.6 Å². The molecule has 0 fully saturated rings. The third-order valence-electron chi connectivity index (χ3n) is 12.1. The molecule has 16 nitrogen and oxygen atoms in total. The lowest BCUT2D eigenvalue weighted by Crippen LogP contribution is -2.44. The summed E-state index contributed by atoms with van der Waals surface area (Å²) in [6.45, 7) is 4.50. The summed E-state index contributed by atoms with van der Waals surface area (Å²) in [6, 6.07) is 3.74. The zero-order chi connectivity index (χ0) is 47.3. The Morgan fingerprint density at radius 1 is 0.692 bits per heavy atom. The van der Waals surface area contributed by atoms with Gasteiger partial charge in [0, 0.05) is 77.5 Å². The van der Waals surface area contributed by atoms with Crippen molar-refractivity contribution in [3.63, 3.8) is 0 Å². The summed E-state index contributed by atoms with van der Waals surface area (Å²) < 4.78 is 74.7. The molecular weight excluding hydrogens is 907 g/mol. The number of methoxy groups -OCH3 is 3. The first-order chi connectivity index (χ1) is 30.9. The van der Waals surface area contributed by atoms with Crippen LogP contribution in [0.25, 0.3) is 0 Å². The Hall–Kier alpha value is -5.96. The minimum atomic E-state index is -1.03. The van der Waals surface area contributed by atoms with Crippen LogP contribution >= 0.6 is 23.2 Å². The number of hydrogen-bond acceptors (Lipinski definition) is 10. The SMILES string of the molecule is CCN1C[C@@H]2C[C@@H](OC)c3c(C(=O)NCc4ccc(F)c(Cl)c4F)c(=O)c(O)c(n32)C1=O.CCN1C[C@H]2C[C@H](OC)c3c(C(=O)NCc4ccc(F)c(Cl)c4F)c(=O)c(OC)c(n32)C1=O. The van der Waals surface area contributed by atoms with Crippen LogP contribution in [-0.4, -0.2) is 95.2 Å². The number of aromatic nitrogens is 2. The fraction of sp³-hybridized carbons (Fsp3) is 0.395. The lowest BCUT2D eigenvalue weighted by Gasteiger charge is -2.34. The van der Waals surface area contributed by atoms with E-state index in [0.717, 1.165) is 24.3 Å². The fourth-order valence-electron chi connectivity index (χ4n) is 8.92. The van der Waals surface area contributed by atoms with Gasteiger partial charge >= 0.3 is 0 Å². The number of halogens is 6. The van der Waals surface area contributed by atoms with Gasteiger partial charge in [0.15, 0.2) is 22.9 Å². The van der Waals surface area contributed by atoms with Crippen LogP contribution < -0.4 is 26.2 Å². The van der Waals surface area contributed by atoms with Crippen molar-refractivity contribution in [1.82, 2.24) is 29.6 Å². The van der Waals surface area contributed by atoms with Gasteiger partial charge < -0.3 is 48.9 Å². The minimum Gasteiger partial charge on any atom is -0.503 e. The quantitative estimate of drug-likeness (QED) is 0.131. The first kappa shape index (κ1) is 47.0. The van der Waals surface area contributed by atoms with Crippen LogP contribution in [0.4, 0.5) is 17.6 Å². The van der Waals surface area contributed by atoms with E-state index in [1.165, 1.54) is 30.8 Å². The highest BCUT2D eigenvalue weighted by molar-refractivity contribution is 6.31. The molecule has 0 bridgehead atoms. The van der Waals surface area contributed by atoms with E-state index >= 15 is 0 Å². The molecule has 2 aromatic carbocycles. The predicted molar refractivity (Wildman–Crippen MR) is 225 cm³/mol. The van der Waals surface area contributed by atoms with E-state index in [0.29, 0.717) is 39.0 Å². The normalized spacial score (nSPS) is 19.1. The van der Waals surface area contributed by atoms with Crippen molar-refractivity contribution in [3.8, 4) is 11.5 Å². The number of amides is 4. The van der Waals surface area contributed by atoms with E-state index in [2.05, 4.69) is 10.6 Å². The Balaban J connectivity index is 0.000000194. The third-order valence-corrected chi connectivity index (χ3v) is 12.8. The van der Waals surface area contributed by atoms with Crippen LogP contribution in [0.3, 0.4) is 0 Å². The van der Waals surface area contributed by atoms with Crippen molar-refractivity contribution in [3.05, 3.63) is 123 Å². The topological polar surface area (TPSA) is 191 Å². The molecule has 0 unspecified atom stereocenters. The molecule has 8 rings (SSSR count). The maximum atomic E-state index is 14.2. The predicted octanol–water partition coefficient (Wildman–Crippen LogP) is 5.35. The van der Waals surface area contributed by atoms with E-state index < -0.39 is 79.9 Å². The monoisotopic (exact) mass is 948 g/mol. The summed E-state index contributed by atoms with van der Waals surface area (Å²) >= 11 is 11.2. The molecule has 346 valence electrons. The zero-order valence-electron chi connectivity index (χ0n) is 35.5. The number of carbonyl (C=O) groups excluding carboxylic acids is 4. The van der Waals surface area contributed by atoms with E-state index in [1.54, 1.807) is 16.4 Å². The number of nitrogens with zero attached hydrogens (tertiary/aromatic N) is 4. The van der Waals surface area contributed by atoms with Gasteiger partial charge in [0.1, 0.15) is 56.6 Å². The molecular formula is C43H42Cl2F4N6O10. The van der Waals surface area contributed by atoms with Crippen LogP contribution in [0, 0.1) is 23.3 Å². The Kier molecular flexibility index (Phi) is 13.4. The highest BCUT2D eigenvalue weighted by Gasteiger charge is 2.47.